The average molecular weight is 327 g/mol. The smallest absolute Gasteiger partial charge is 0.238 e. The highest BCUT2D eigenvalue weighted by Crippen LogP contribution is 2.36. The van der Waals surface area contributed by atoms with Crippen molar-refractivity contribution in [2.75, 3.05) is 19.7 Å². The van der Waals surface area contributed by atoms with Crippen LogP contribution in [-0.2, 0) is 11.3 Å². The van der Waals surface area contributed by atoms with Gasteiger partial charge in [-0.25, -0.2) is 4.98 Å². The molecule has 1 aliphatic heterocycles. The third-order valence-electron chi connectivity index (χ3n) is 5.42. The molecule has 2 aromatic heterocycles. The van der Waals surface area contributed by atoms with Gasteiger partial charge in [0.05, 0.1) is 6.54 Å². The molecular weight excluding hydrogens is 302 g/mol. The molecule has 0 radical (unpaired) electrons. The summed E-state index contributed by atoms with van der Waals surface area (Å²) in [6, 6.07) is 2.08. The van der Waals surface area contributed by atoms with E-state index >= 15 is 0 Å². The highest BCUT2D eigenvalue weighted by atomic mass is 16.5. The number of hydrogen-bond donors (Lipinski definition) is 0. The highest BCUT2D eigenvalue weighted by molar-refractivity contribution is 5.88. The molecule has 1 aliphatic carbocycles. The monoisotopic (exact) mass is 327 g/mol. The number of hydrogen-bond acceptors (Lipinski definition) is 3. The minimum atomic E-state index is 0.244. The van der Waals surface area contributed by atoms with E-state index in [2.05, 4.69) is 29.5 Å². The molecule has 1 amide bonds. The number of ether oxygens (including phenoxy) is 1. The number of amides is 1. The van der Waals surface area contributed by atoms with Crippen molar-refractivity contribution in [2.45, 2.75) is 46.1 Å². The average Bonchev–Trinajstić information content (AvgIpc) is 3.27. The Morgan fingerprint density at radius 3 is 2.88 bits per heavy atom. The number of fused-ring (bicyclic) bond motifs is 1. The minimum Gasteiger partial charge on any atom is -0.474 e. The first-order valence-corrected chi connectivity index (χ1v) is 9.00. The van der Waals surface area contributed by atoms with Crippen LogP contribution in [0.5, 0.6) is 5.88 Å². The number of aryl methyl sites for hydroxylation is 1. The van der Waals surface area contributed by atoms with Crippen LogP contribution in [0, 0.1) is 19.8 Å². The van der Waals surface area contributed by atoms with Crippen molar-refractivity contribution in [1.82, 2.24) is 14.5 Å². The summed E-state index contributed by atoms with van der Waals surface area (Å²) in [6.07, 6.45) is 6.12. The Labute approximate surface area is 142 Å². The molecule has 0 aromatic carbocycles. The van der Waals surface area contributed by atoms with E-state index in [-0.39, 0.29) is 5.91 Å². The maximum Gasteiger partial charge on any atom is 0.238 e. The molecule has 0 unspecified atom stereocenters. The third kappa shape index (κ3) is 2.76. The fraction of sp³-hybridized carbons (Fsp3) is 0.579. The van der Waals surface area contributed by atoms with Crippen LogP contribution < -0.4 is 4.74 Å². The van der Waals surface area contributed by atoms with Crippen LogP contribution in [0.4, 0.5) is 0 Å². The Kier molecular flexibility index (Phi) is 3.94. The van der Waals surface area contributed by atoms with Gasteiger partial charge in [-0.3, -0.25) is 4.79 Å². The number of carbonyl (C=O) groups excluding carboxylic acids is 1. The van der Waals surface area contributed by atoms with Gasteiger partial charge in [0.25, 0.3) is 0 Å². The molecule has 5 nitrogen and oxygen atoms in total. The zero-order valence-corrected chi connectivity index (χ0v) is 14.5. The molecule has 1 saturated heterocycles. The molecular formula is C19H25N3O2. The molecule has 2 aromatic rings. The fourth-order valence-electron chi connectivity index (χ4n) is 3.65. The van der Waals surface area contributed by atoms with Gasteiger partial charge >= 0.3 is 0 Å². The summed E-state index contributed by atoms with van der Waals surface area (Å²) in [5.74, 6) is 1.75. The maximum absolute atomic E-state index is 11.7. The van der Waals surface area contributed by atoms with Crippen molar-refractivity contribution in [3.8, 4) is 5.88 Å². The van der Waals surface area contributed by atoms with Crippen LogP contribution in [-0.4, -0.2) is 40.1 Å². The Bertz CT molecular complexity index is 777. The van der Waals surface area contributed by atoms with Gasteiger partial charge in [-0.2, -0.15) is 0 Å². The van der Waals surface area contributed by atoms with E-state index in [1.54, 1.807) is 0 Å². The Balaban J connectivity index is 1.57. The molecule has 128 valence electrons. The normalized spacial score (nSPS) is 17.9. The van der Waals surface area contributed by atoms with Gasteiger partial charge in [0.1, 0.15) is 12.1 Å². The van der Waals surface area contributed by atoms with Crippen LogP contribution in [0.3, 0.4) is 0 Å². The SMILES string of the molecule is Cc1c(C)n(CC2CC2)c2c(OCCN3CCCC3=O)nccc12. The topological polar surface area (TPSA) is 47.4 Å². The molecule has 5 heteroatoms. The molecule has 1 saturated carbocycles. The van der Waals surface area contributed by atoms with E-state index in [9.17, 15) is 4.79 Å². The molecule has 0 spiro atoms. The summed E-state index contributed by atoms with van der Waals surface area (Å²) in [5, 5.41) is 1.23. The standard InChI is InChI=1S/C19H25N3O2/c1-13-14(2)22(12-15-5-6-15)18-16(13)7-8-20-19(18)24-11-10-21-9-3-4-17(21)23/h7-8,15H,3-6,9-12H2,1-2H3. The van der Waals surface area contributed by atoms with Gasteiger partial charge in [-0.1, -0.05) is 0 Å². The van der Waals surface area contributed by atoms with Gasteiger partial charge in [0, 0.05) is 36.8 Å². The quantitative estimate of drug-likeness (QED) is 0.819. The van der Waals surface area contributed by atoms with Crippen LogP contribution in [0.25, 0.3) is 10.9 Å². The number of rotatable bonds is 6. The molecule has 2 aliphatic rings. The lowest BCUT2D eigenvalue weighted by Crippen LogP contribution is -2.29. The summed E-state index contributed by atoms with van der Waals surface area (Å²) in [5.41, 5.74) is 3.74. The summed E-state index contributed by atoms with van der Waals surface area (Å²) in [7, 11) is 0. The summed E-state index contributed by atoms with van der Waals surface area (Å²) in [4.78, 5) is 18.1. The van der Waals surface area contributed by atoms with Crippen LogP contribution >= 0.6 is 0 Å². The Morgan fingerprint density at radius 2 is 2.17 bits per heavy atom. The first-order valence-electron chi connectivity index (χ1n) is 9.00. The van der Waals surface area contributed by atoms with Crippen LogP contribution in [0.1, 0.15) is 36.9 Å². The zero-order valence-electron chi connectivity index (χ0n) is 14.5. The Hall–Kier alpha value is -2.04. The molecule has 3 heterocycles. The predicted octanol–water partition coefficient (Wildman–Crippen LogP) is 3.06. The molecule has 0 bridgehead atoms. The number of likely N-dealkylation sites (tertiary alicyclic amines) is 1. The second-order valence-corrected chi connectivity index (χ2v) is 7.11. The van der Waals surface area contributed by atoms with E-state index in [1.807, 2.05) is 11.1 Å². The lowest BCUT2D eigenvalue weighted by molar-refractivity contribution is -0.128. The summed E-state index contributed by atoms with van der Waals surface area (Å²) >= 11 is 0. The van der Waals surface area contributed by atoms with Gasteiger partial charge in [-0.05, 0) is 50.7 Å². The van der Waals surface area contributed by atoms with Crippen molar-refractivity contribution < 1.29 is 9.53 Å². The number of aromatic nitrogens is 2. The van der Waals surface area contributed by atoms with Crippen LogP contribution in [0.2, 0.25) is 0 Å². The zero-order chi connectivity index (χ0) is 16.7. The summed E-state index contributed by atoms with van der Waals surface area (Å²) in [6.45, 7) is 7.43. The van der Waals surface area contributed by atoms with Crippen molar-refractivity contribution in [3.05, 3.63) is 23.5 Å². The van der Waals surface area contributed by atoms with Gasteiger partial charge in [0.2, 0.25) is 11.8 Å². The van der Waals surface area contributed by atoms with E-state index in [1.165, 1.54) is 29.5 Å². The lowest BCUT2D eigenvalue weighted by Gasteiger charge is -2.16. The van der Waals surface area contributed by atoms with E-state index in [4.69, 9.17) is 4.74 Å². The van der Waals surface area contributed by atoms with E-state index < -0.39 is 0 Å². The molecule has 2 fully saturated rings. The Morgan fingerprint density at radius 1 is 1.33 bits per heavy atom. The van der Waals surface area contributed by atoms with Crippen molar-refractivity contribution in [2.24, 2.45) is 5.92 Å². The predicted molar refractivity (Wildman–Crippen MR) is 93.2 cm³/mol. The van der Waals surface area contributed by atoms with E-state index in [0.717, 1.165) is 30.9 Å². The minimum absolute atomic E-state index is 0.244. The lowest BCUT2D eigenvalue weighted by atomic mass is 10.2. The van der Waals surface area contributed by atoms with Gasteiger partial charge < -0.3 is 14.2 Å². The number of nitrogens with zero attached hydrogens (tertiary/aromatic N) is 3. The fourth-order valence-corrected chi connectivity index (χ4v) is 3.65. The van der Waals surface area contributed by atoms with Crippen molar-refractivity contribution in [3.63, 3.8) is 0 Å². The maximum atomic E-state index is 11.7. The second-order valence-electron chi connectivity index (χ2n) is 7.11. The molecule has 24 heavy (non-hydrogen) atoms. The van der Waals surface area contributed by atoms with Crippen molar-refractivity contribution >= 4 is 16.8 Å². The third-order valence-corrected chi connectivity index (χ3v) is 5.42. The molecule has 4 rings (SSSR count). The first kappa shape index (κ1) is 15.5. The number of pyridine rings is 1. The largest absolute Gasteiger partial charge is 0.474 e. The molecule has 0 atom stereocenters. The summed E-state index contributed by atoms with van der Waals surface area (Å²) < 4.78 is 8.40. The van der Waals surface area contributed by atoms with Crippen LogP contribution in [0.15, 0.2) is 12.3 Å². The van der Waals surface area contributed by atoms with Gasteiger partial charge in [-0.15, -0.1) is 0 Å². The highest BCUT2D eigenvalue weighted by Gasteiger charge is 2.25. The van der Waals surface area contributed by atoms with Crippen molar-refractivity contribution in [1.29, 1.82) is 0 Å². The molecule has 0 N–H and O–H groups in total. The number of carbonyl (C=O) groups is 1. The first-order chi connectivity index (χ1) is 11.6. The second kappa shape index (κ2) is 6.11. The van der Waals surface area contributed by atoms with Gasteiger partial charge in [0.15, 0.2) is 0 Å². The van der Waals surface area contributed by atoms with E-state index in [0.29, 0.717) is 25.5 Å².